The van der Waals surface area contributed by atoms with Crippen molar-refractivity contribution in [2.75, 3.05) is 20.1 Å². The van der Waals surface area contributed by atoms with E-state index in [1.54, 1.807) is 24.5 Å². The molecule has 5 heteroatoms. The Bertz CT molecular complexity index is 741. The first-order valence-electron chi connectivity index (χ1n) is 9.58. The highest BCUT2D eigenvalue weighted by atomic mass is 16.2. The Labute approximate surface area is 161 Å². The molecule has 0 atom stereocenters. The lowest BCUT2D eigenvalue weighted by Gasteiger charge is -2.37. The Balaban J connectivity index is 1.65. The van der Waals surface area contributed by atoms with Crippen molar-refractivity contribution < 1.29 is 9.59 Å². The Morgan fingerprint density at radius 1 is 1.04 bits per heavy atom. The third-order valence-corrected chi connectivity index (χ3v) is 5.21. The molecule has 0 aliphatic carbocycles. The van der Waals surface area contributed by atoms with Gasteiger partial charge in [-0.15, -0.1) is 0 Å². The number of Topliss-reactive ketones (excluding diaryl/α,β-unsaturated/α-hetero) is 1. The molecule has 1 aliphatic rings. The lowest BCUT2D eigenvalue weighted by Crippen LogP contribution is -2.46. The van der Waals surface area contributed by atoms with E-state index in [1.165, 1.54) is 0 Å². The molecular formula is C22H27N3O2. The molecule has 0 unspecified atom stereocenters. The van der Waals surface area contributed by atoms with Gasteiger partial charge in [0.15, 0.2) is 5.78 Å². The molecule has 0 bridgehead atoms. The summed E-state index contributed by atoms with van der Waals surface area (Å²) in [6, 6.07) is 13.3. The van der Waals surface area contributed by atoms with E-state index in [0.717, 1.165) is 31.5 Å². The summed E-state index contributed by atoms with van der Waals surface area (Å²) in [5.74, 6) is 0.0850. The molecule has 142 valence electrons. The highest BCUT2D eigenvalue weighted by molar-refractivity contribution is 5.97. The molecule has 0 radical (unpaired) electrons. The molecule has 5 nitrogen and oxygen atoms in total. The van der Waals surface area contributed by atoms with E-state index in [9.17, 15) is 9.59 Å². The molecule has 0 N–H and O–H groups in total. The average molecular weight is 365 g/mol. The number of hydrogen-bond acceptors (Lipinski definition) is 4. The second-order valence-corrected chi connectivity index (χ2v) is 7.20. The minimum Gasteiger partial charge on any atom is -0.335 e. The number of ketones is 1. The second kappa shape index (κ2) is 9.42. The molecule has 1 amide bonds. The van der Waals surface area contributed by atoms with Crippen LogP contribution in [-0.4, -0.2) is 52.7 Å². The minimum absolute atomic E-state index is 0.0242. The number of hydrogen-bond donors (Lipinski definition) is 0. The quantitative estimate of drug-likeness (QED) is 0.707. The van der Waals surface area contributed by atoms with Crippen LogP contribution in [0.25, 0.3) is 0 Å². The van der Waals surface area contributed by atoms with Gasteiger partial charge in [-0.2, -0.15) is 0 Å². The normalized spacial score (nSPS) is 15.4. The van der Waals surface area contributed by atoms with Crippen LogP contribution >= 0.6 is 0 Å². The zero-order valence-electron chi connectivity index (χ0n) is 15.9. The Hall–Kier alpha value is -2.53. The zero-order valence-corrected chi connectivity index (χ0v) is 15.9. The Morgan fingerprint density at radius 3 is 2.37 bits per heavy atom. The van der Waals surface area contributed by atoms with E-state index in [1.807, 2.05) is 35.2 Å². The van der Waals surface area contributed by atoms with Gasteiger partial charge in [0.25, 0.3) is 0 Å². The largest absolute Gasteiger partial charge is 0.335 e. The van der Waals surface area contributed by atoms with Gasteiger partial charge in [0, 0.05) is 43.4 Å². The van der Waals surface area contributed by atoms with Crippen LogP contribution in [0.3, 0.4) is 0 Å². The van der Waals surface area contributed by atoms with Crippen LogP contribution in [0, 0.1) is 0 Å². The zero-order chi connectivity index (χ0) is 19.1. The molecule has 27 heavy (non-hydrogen) atoms. The van der Waals surface area contributed by atoms with E-state index in [-0.39, 0.29) is 30.6 Å². The van der Waals surface area contributed by atoms with Crippen LogP contribution < -0.4 is 0 Å². The third kappa shape index (κ3) is 5.47. The molecular weight excluding hydrogens is 338 g/mol. The maximum absolute atomic E-state index is 13.0. The molecule has 0 saturated carbocycles. The molecule has 1 saturated heterocycles. The smallest absolute Gasteiger partial charge is 0.223 e. The molecule has 1 aromatic carbocycles. The van der Waals surface area contributed by atoms with Crippen LogP contribution in [0.5, 0.6) is 0 Å². The van der Waals surface area contributed by atoms with Crippen LogP contribution in [0.4, 0.5) is 0 Å². The van der Waals surface area contributed by atoms with Gasteiger partial charge in [-0.1, -0.05) is 30.3 Å². The number of rotatable bonds is 7. The summed E-state index contributed by atoms with van der Waals surface area (Å²) in [5.41, 5.74) is 1.75. The maximum Gasteiger partial charge on any atom is 0.223 e. The summed E-state index contributed by atoms with van der Waals surface area (Å²) >= 11 is 0. The van der Waals surface area contributed by atoms with Crippen molar-refractivity contribution in [3.63, 3.8) is 0 Å². The van der Waals surface area contributed by atoms with E-state index in [4.69, 9.17) is 0 Å². The summed E-state index contributed by atoms with van der Waals surface area (Å²) in [7, 11) is 2.11. The lowest BCUT2D eigenvalue weighted by molar-refractivity contribution is -0.135. The SMILES string of the molecule is CN1CCC(N(Cc2ccncc2)C(=O)CCC(=O)c2ccccc2)CC1. The van der Waals surface area contributed by atoms with E-state index in [0.29, 0.717) is 12.1 Å². The first-order chi connectivity index (χ1) is 13.1. The second-order valence-electron chi connectivity index (χ2n) is 7.20. The highest BCUT2D eigenvalue weighted by Gasteiger charge is 2.27. The van der Waals surface area contributed by atoms with Crippen LogP contribution in [0.15, 0.2) is 54.9 Å². The van der Waals surface area contributed by atoms with Crippen LogP contribution in [0.1, 0.15) is 41.6 Å². The van der Waals surface area contributed by atoms with Crippen molar-refractivity contribution in [1.29, 1.82) is 0 Å². The molecule has 2 heterocycles. The number of carbonyl (C=O) groups excluding carboxylic acids is 2. The first-order valence-corrected chi connectivity index (χ1v) is 9.58. The topological polar surface area (TPSA) is 53.5 Å². The fraction of sp³-hybridized carbons (Fsp3) is 0.409. The van der Waals surface area contributed by atoms with Crippen molar-refractivity contribution in [3.05, 3.63) is 66.0 Å². The number of piperidine rings is 1. The van der Waals surface area contributed by atoms with Crippen LogP contribution in [0.2, 0.25) is 0 Å². The van der Waals surface area contributed by atoms with Gasteiger partial charge < -0.3 is 9.80 Å². The van der Waals surface area contributed by atoms with Gasteiger partial charge >= 0.3 is 0 Å². The summed E-state index contributed by atoms with van der Waals surface area (Å²) in [6.45, 7) is 2.57. The molecule has 0 spiro atoms. The van der Waals surface area contributed by atoms with Crippen molar-refractivity contribution in [3.8, 4) is 0 Å². The monoisotopic (exact) mass is 365 g/mol. The van der Waals surface area contributed by atoms with Crippen molar-refractivity contribution >= 4 is 11.7 Å². The first kappa shape index (κ1) is 19.2. The van der Waals surface area contributed by atoms with E-state index >= 15 is 0 Å². The molecule has 1 aromatic heterocycles. The predicted octanol–water partition coefficient (Wildman–Crippen LogP) is 3.17. The number of carbonyl (C=O) groups is 2. The summed E-state index contributed by atoms with van der Waals surface area (Å²) in [5, 5.41) is 0. The minimum atomic E-state index is 0.0242. The van der Waals surface area contributed by atoms with Gasteiger partial charge in [-0.25, -0.2) is 0 Å². The van der Waals surface area contributed by atoms with E-state index in [2.05, 4.69) is 16.9 Å². The number of aromatic nitrogens is 1. The van der Waals surface area contributed by atoms with Gasteiger partial charge in [-0.3, -0.25) is 14.6 Å². The van der Waals surface area contributed by atoms with Crippen molar-refractivity contribution in [1.82, 2.24) is 14.8 Å². The van der Waals surface area contributed by atoms with Crippen LogP contribution in [-0.2, 0) is 11.3 Å². The number of benzene rings is 1. The summed E-state index contributed by atoms with van der Waals surface area (Å²) in [4.78, 5) is 33.7. The Kier molecular flexibility index (Phi) is 6.71. The molecule has 1 aliphatic heterocycles. The summed E-state index contributed by atoms with van der Waals surface area (Å²) in [6.07, 6.45) is 5.96. The third-order valence-electron chi connectivity index (χ3n) is 5.21. The fourth-order valence-corrected chi connectivity index (χ4v) is 3.54. The van der Waals surface area contributed by atoms with Crippen molar-refractivity contribution in [2.45, 2.75) is 38.3 Å². The molecule has 1 fully saturated rings. The average Bonchev–Trinajstić information content (AvgIpc) is 2.72. The van der Waals surface area contributed by atoms with E-state index < -0.39 is 0 Å². The number of amides is 1. The number of likely N-dealkylation sites (tertiary alicyclic amines) is 1. The lowest BCUT2D eigenvalue weighted by atomic mass is 10.0. The molecule has 3 rings (SSSR count). The van der Waals surface area contributed by atoms with Gasteiger partial charge in [0.1, 0.15) is 0 Å². The molecule has 2 aromatic rings. The summed E-state index contributed by atoms with van der Waals surface area (Å²) < 4.78 is 0. The van der Waals surface area contributed by atoms with Crippen molar-refractivity contribution in [2.24, 2.45) is 0 Å². The van der Waals surface area contributed by atoms with Gasteiger partial charge in [0.05, 0.1) is 0 Å². The standard InChI is InChI=1S/C22H27N3O2/c1-24-15-11-20(12-16-24)25(17-18-9-13-23-14-10-18)22(27)8-7-21(26)19-5-3-2-4-6-19/h2-6,9-10,13-14,20H,7-8,11-12,15-17H2,1H3. The predicted molar refractivity (Wildman–Crippen MR) is 105 cm³/mol. The fourth-order valence-electron chi connectivity index (χ4n) is 3.54. The maximum atomic E-state index is 13.0. The highest BCUT2D eigenvalue weighted by Crippen LogP contribution is 2.20. The number of nitrogens with zero attached hydrogens (tertiary/aromatic N) is 3. The number of pyridine rings is 1. The van der Waals surface area contributed by atoms with Gasteiger partial charge in [-0.05, 0) is 50.7 Å². The Morgan fingerprint density at radius 2 is 1.70 bits per heavy atom. The van der Waals surface area contributed by atoms with Gasteiger partial charge in [0.2, 0.25) is 5.91 Å².